The van der Waals surface area contributed by atoms with Crippen LogP contribution < -0.4 is 14.5 Å². The molecule has 1 amide bonds. The van der Waals surface area contributed by atoms with E-state index in [1.54, 1.807) is 48.5 Å². The number of esters is 1. The number of halogens is 1. The first-order chi connectivity index (χ1) is 14.2. The molecular weight excluding hydrogens is 478 g/mol. The summed E-state index contributed by atoms with van der Waals surface area (Å²) in [6.45, 7) is -0.661. The summed E-state index contributed by atoms with van der Waals surface area (Å²) in [6.07, 6.45) is 2.39. The van der Waals surface area contributed by atoms with Crippen molar-refractivity contribution in [2.75, 3.05) is 30.8 Å². The summed E-state index contributed by atoms with van der Waals surface area (Å²) >= 11 is 3.28. The van der Waals surface area contributed by atoms with Gasteiger partial charge in [0.05, 0.1) is 25.3 Å². The smallest absolute Gasteiger partial charge is 0.343 e. The molecule has 9 nitrogen and oxygen atoms in total. The summed E-state index contributed by atoms with van der Waals surface area (Å²) in [5.41, 5.74) is 3.25. The first-order valence-corrected chi connectivity index (χ1v) is 11.2. The first kappa shape index (κ1) is 23.4. The van der Waals surface area contributed by atoms with Crippen molar-refractivity contribution in [2.45, 2.75) is 0 Å². The molecule has 0 aliphatic heterocycles. The fraction of sp³-hybridized carbons (Fsp3) is 0.211. The van der Waals surface area contributed by atoms with E-state index in [-0.39, 0.29) is 6.61 Å². The predicted octanol–water partition coefficient (Wildman–Crippen LogP) is 1.92. The zero-order valence-electron chi connectivity index (χ0n) is 16.2. The topological polar surface area (TPSA) is 114 Å². The molecule has 0 bridgehead atoms. The molecule has 0 saturated heterocycles. The highest BCUT2D eigenvalue weighted by atomic mass is 79.9. The normalized spacial score (nSPS) is 11.2. The number of sulfonamides is 1. The molecule has 0 aromatic heterocycles. The van der Waals surface area contributed by atoms with Gasteiger partial charge < -0.3 is 9.47 Å². The number of amides is 1. The highest BCUT2D eigenvalue weighted by Gasteiger charge is 2.20. The maximum atomic E-state index is 12.2. The molecule has 0 aliphatic rings. The third-order valence-electron chi connectivity index (χ3n) is 3.65. The summed E-state index contributed by atoms with van der Waals surface area (Å²) in [6, 6.07) is 13.2. The number of hydrogen-bond acceptors (Lipinski definition) is 7. The molecule has 0 heterocycles. The van der Waals surface area contributed by atoms with Crippen LogP contribution in [0.2, 0.25) is 0 Å². The number of hydrazone groups is 1. The second-order valence-electron chi connectivity index (χ2n) is 5.98. The van der Waals surface area contributed by atoms with Crippen molar-refractivity contribution in [2.24, 2.45) is 5.10 Å². The third kappa shape index (κ3) is 7.48. The zero-order valence-corrected chi connectivity index (χ0v) is 18.6. The molecular formula is C19H20BrN3O6S. The second-order valence-corrected chi connectivity index (χ2v) is 8.80. The molecule has 1 N–H and O–H groups in total. The molecule has 0 spiro atoms. The van der Waals surface area contributed by atoms with Gasteiger partial charge in [-0.25, -0.2) is 18.6 Å². The van der Waals surface area contributed by atoms with Gasteiger partial charge in [0.25, 0.3) is 5.91 Å². The first-order valence-electron chi connectivity index (χ1n) is 8.54. The van der Waals surface area contributed by atoms with Crippen LogP contribution in [0.5, 0.6) is 5.75 Å². The number of benzene rings is 2. The van der Waals surface area contributed by atoms with E-state index in [2.05, 4.69) is 31.2 Å². The van der Waals surface area contributed by atoms with Gasteiger partial charge in [-0.2, -0.15) is 5.10 Å². The number of carbonyl (C=O) groups is 2. The van der Waals surface area contributed by atoms with Crippen molar-refractivity contribution in [1.82, 2.24) is 5.43 Å². The number of ether oxygens (including phenoxy) is 2. The fourth-order valence-corrected chi connectivity index (χ4v) is 3.36. The van der Waals surface area contributed by atoms with Crippen LogP contribution in [0.15, 0.2) is 58.1 Å². The minimum absolute atomic E-state index is 0.231. The molecule has 0 saturated carbocycles. The minimum atomic E-state index is -3.67. The van der Waals surface area contributed by atoms with Crippen LogP contribution >= 0.6 is 15.9 Å². The van der Waals surface area contributed by atoms with Crippen molar-refractivity contribution in [3.8, 4) is 5.75 Å². The number of nitrogens with zero attached hydrogens (tertiary/aromatic N) is 2. The highest BCUT2D eigenvalue weighted by molar-refractivity contribution is 9.10. The van der Waals surface area contributed by atoms with Gasteiger partial charge in [-0.3, -0.25) is 9.10 Å². The van der Waals surface area contributed by atoms with Crippen LogP contribution in [0.1, 0.15) is 5.56 Å². The van der Waals surface area contributed by atoms with Crippen LogP contribution in [0.3, 0.4) is 0 Å². The van der Waals surface area contributed by atoms with Crippen molar-refractivity contribution in [3.63, 3.8) is 0 Å². The summed E-state index contributed by atoms with van der Waals surface area (Å²) in [7, 11) is -2.41. The van der Waals surface area contributed by atoms with Gasteiger partial charge in [0, 0.05) is 4.47 Å². The van der Waals surface area contributed by atoms with Gasteiger partial charge in [-0.15, -0.1) is 0 Å². The van der Waals surface area contributed by atoms with Gasteiger partial charge in [-0.1, -0.05) is 28.1 Å². The molecule has 2 rings (SSSR count). The Labute approximate surface area is 182 Å². The number of nitrogens with one attached hydrogen (secondary N) is 1. The molecule has 0 unspecified atom stereocenters. The average Bonchev–Trinajstić information content (AvgIpc) is 2.70. The molecule has 2 aromatic carbocycles. The predicted molar refractivity (Wildman–Crippen MR) is 116 cm³/mol. The van der Waals surface area contributed by atoms with E-state index in [9.17, 15) is 18.0 Å². The van der Waals surface area contributed by atoms with E-state index in [1.165, 1.54) is 13.3 Å². The maximum Gasteiger partial charge on any atom is 0.343 e. The number of methoxy groups -OCH3 is 1. The summed E-state index contributed by atoms with van der Waals surface area (Å²) in [4.78, 5) is 23.3. The summed E-state index contributed by atoms with van der Waals surface area (Å²) in [5, 5.41) is 3.84. The summed E-state index contributed by atoms with van der Waals surface area (Å²) in [5.74, 6) is -0.700. The quantitative estimate of drug-likeness (QED) is 0.321. The van der Waals surface area contributed by atoms with Gasteiger partial charge in [-0.05, 0) is 42.0 Å². The number of rotatable bonds is 9. The molecule has 2 aromatic rings. The van der Waals surface area contributed by atoms with Gasteiger partial charge in [0.1, 0.15) is 12.3 Å². The van der Waals surface area contributed by atoms with E-state index in [0.29, 0.717) is 17.0 Å². The minimum Gasteiger partial charge on any atom is -0.482 e. The zero-order chi connectivity index (χ0) is 22.1. The Bertz CT molecular complexity index is 1020. The molecule has 11 heteroatoms. The maximum absolute atomic E-state index is 12.2. The second kappa shape index (κ2) is 10.7. The molecule has 0 radical (unpaired) electrons. The van der Waals surface area contributed by atoms with Gasteiger partial charge in [0.15, 0.2) is 6.61 Å². The molecule has 0 fully saturated rings. The Morgan fingerprint density at radius 2 is 1.90 bits per heavy atom. The average molecular weight is 498 g/mol. The molecule has 160 valence electrons. The Kier molecular flexibility index (Phi) is 8.36. The summed E-state index contributed by atoms with van der Waals surface area (Å²) < 4.78 is 35.7. The Morgan fingerprint density at radius 3 is 2.53 bits per heavy atom. The monoisotopic (exact) mass is 497 g/mol. The van der Waals surface area contributed by atoms with Crippen LogP contribution in [0, 0.1) is 0 Å². The van der Waals surface area contributed by atoms with Crippen LogP contribution in [0.25, 0.3) is 0 Å². The Balaban J connectivity index is 1.99. The van der Waals surface area contributed by atoms with Crippen molar-refractivity contribution in [3.05, 3.63) is 58.6 Å². The number of hydrogen-bond donors (Lipinski definition) is 1. The fourth-order valence-electron chi connectivity index (χ4n) is 2.24. The number of anilines is 1. The van der Waals surface area contributed by atoms with E-state index in [4.69, 9.17) is 4.74 Å². The van der Waals surface area contributed by atoms with Gasteiger partial charge >= 0.3 is 5.97 Å². The van der Waals surface area contributed by atoms with Crippen molar-refractivity contribution in [1.29, 1.82) is 0 Å². The van der Waals surface area contributed by atoms with E-state index in [0.717, 1.165) is 15.0 Å². The van der Waals surface area contributed by atoms with Gasteiger partial charge in [0.2, 0.25) is 10.0 Å². The lowest BCUT2D eigenvalue weighted by Crippen LogP contribution is -2.39. The lowest BCUT2D eigenvalue weighted by atomic mass is 10.2. The molecule has 0 aliphatic carbocycles. The van der Waals surface area contributed by atoms with Crippen molar-refractivity contribution >= 4 is 49.7 Å². The Hall–Kier alpha value is -2.92. The number of carbonyl (C=O) groups excluding carboxylic acids is 2. The van der Waals surface area contributed by atoms with E-state index < -0.39 is 28.4 Å². The van der Waals surface area contributed by atoms with E-state index >= 15 is 0 Å². The van der Waals surface area contributed by atoms with Crippen molar-refractivity contribution < 1.29 is 27.5 Å². The van der Waals surface area contributed by atoms with Crippen LogP contribution in [-0.4, -0.2) is 53.0 Å². The molecule has 30 heavy (non-hydrogen) atoms. The lowest BCUT2D eigenvalue weighted by Gasteiger charge is -2.21. The lowest BCUT2D eigenvalue weighted by molar-refractivity contribution is -0.142. The molecule has 0 atom stereocenters. The highest BCUT2D eigenvalue weighted by Crippen LogP contribution is 2.20. The largest absolute Gasteiger partial charge is 0.482 e. The SMILES string of the molecule is COC(=O)COc1cccc(/C=N\NC(=O)CN(c2ccc(Br)cc2)S(C)(=O)=O)c1. The van der Waals surface area contributed by atoms with E-state index in [1.807, 2.05) is 0 Å². The Morgan fingerprint density at radius 1 is 1.20 bits per heavy atom. The third-order valence-corrected chi connectivity index (χ3v) is 5.32. The van der Waals surface area contributed by atoms with Crippen LogP contribution in [0.4, 0.5) is 5.69 Å². The van der Waals surface area contributed by atoms with Crippen LogP contribution in [-0.2, 0) is 24.3 Å². The standard InChI is InChI=1S/C19H20BrN3O6S/c1-28-19(25)13-29-17-5-3-4-14(10-17)11-21-22-18(24)12-23(30(2,26)27)16-8-6-15(20)7-9-16/h3-11H,12-13H2,1-2H3,(H,22,24)/b21-11-.